The van der Waals surface area contributed by atoms with Gasteiger partial charge in [0.05, 0.1) is 27.7 Å². The summed E-state index contributed by atoms with van der Waals surface area (Å²) in [6, 6.07) is 2.69. The van der Waals surface area contributed by atoms with Gasteiger partial charge in [0.2, 0.25) is 0 Å². The molecule has 4 heteroatoms. The lowest BCUT2D eigenvalue weighted by Gasteiger charge is -2.13. The highest BCUT2D eigenvalue weighted by atomic mass is 16.5. The Labute approximate surface area is 139 Å². The minimum atomic E-state index is -0.507. The van der Waals surface area contributed by atoms with Gasteiger partial charge in [0.25, 0.3) is 0 Å². The van der Waals surface area contributed by atoms with Crippen LogP contribution in [0.25, 0.3) is 27.5 Å². The van der Waals surface area contributed by atoms with Gasteiger partial charge in [-0.3, -0.25) is 0 Å². The third kappa shape index (κ3) is 1.89. The van der Waals surface area contributed by atoms with Crippen LogP contribution in [0.1, 0.15) is 11.0 Å². The quantitative estimate of drug-likeness (QED) is 0.585. The molecule has 0 unspecified atom stereocenters. The molecule has 105 valence electrons. The largest absolute Gasteiger partial charge is 0.569 e. The third-order valence-corrected chi connectivity index (χ3v) is 3.32. The van der Waals surface area contributed by atoms with E-state index in [1.54, 1.807) is 18.2 Å². The summed E-state index contributed by atoms with van der Waals surface area (Å²) in [5.74, 6) is 0.124. The lowest BCUT2D eigenvalue weighted by atomic mass is 10.2. The summed E-state index contributed by atoms with van der Waals surface area (Å²) in [5.41, 5.74) is 0.201. The van der Waals surface area contributed by atoms with Gasteiger partial charge < -0.3 is 14.2 Å². The highest BCUT2D eigenvalue weighted by molar-refractivity contribution is 6.17. The molecule has 1 radical (unpaired) electrons. The van der Waals surface area contributed by atoms with Gasteiger partial charge >= 0.3 is 7.69 Å². The minimum absolute atomic E-state index is 0.0167. The second kappa shape index (κ2) is 5.24. The zero-order valence-corrected chi connectivity index (χ0v) is 11.2. The van der Waals surface area contributed by atoms with E-state index >= 15 is 0 Å². The van der Waals surface area contributed by atoms with Crippen molar-refractivity contribution < 1.29 is 20.6 Å². The summed E-state index contributed by atoms with van der Waals surface area (Å²) in [6.07, 6.45) is 0. The highest BCUT2D eigenvalue weighted by Gasteiger charge is 2.14. The molecule has 1 N–H and O–H groups in total. The first-order chi connectivity index (χ1) is 14.2. The molecule has 0 bridgehead atoms. The minimum Gasteiger partial charge on any atom is -0.536 e. The zero-order valence-electron chi connectivity index (χ0n) is 19.2. The summed E-state index contributed by atoms with van der Waals surface area (Å²) in [7, 11) is 0.456. The molecule has 0 aliphatic carbocycles. The van der Waals surface area contributed by atoms with Crippen molar-refractivity contribution in [3.8, 4) is 11.4 Å². The van der Waals surface area contributed by atoms with Crippen LogP contribution in [-0.4, -0.2) is 17.3 Å². The Morgan fingerprint density at radius 2 is 1.50 bits per heavy atom. The number of hydrogen-bond donors (Lipinski definition) is 1. The number of hydrogen-bond acceptors (Lipinski definition) is 2. The van der Waals surface area contributed by atoms with Crippen molar-refractivity contribution in [2.75, 3.05) is 0 Å². The van der Waals surface area contributed by atoms with E-state index in [2.05, 4.69) is 0 Å². The van der Waals surface area contributed by atoms with Gasteiger partial charge in [0.1, 0.15) is 5.75 Å². The fraction of sp³-hybridized carbons (Fsp3) is 0. The van der Waals surface area contributed by atoms with E-state index in [1.165, 1.54) is 10.6 Å². The Morgan fingerprint density at radius 1 is 0.909 bits per heavy atom. The molecule has 0 atom stereocenters. The maximum atomic E-state index is 9.13. The Bertz CT molecular complexity index is 1280. The standard InChI is InChI=1S/C18H13BNO2/c21-19-22-18-12-6-5-11-17(18)20-15-9-3-1-7-13(15)14-8-2-4-10-16(14)20/h1-12,21H/i1D,2D,3D,4D,7D,8D,9D,10D. The average molecular weight is 294 g/mol. The van der Waals surface area contributed by atoms with Crippen molar-refractivity contribution in [3.05, 3.63) is 72.6 Å². The normalized spacial score (nSPS) is 16.0. The smallest absolute Gasteiger partial charge is 0.536 e. The van der Waals surface area contributed by atoms with Gasteiger partial charge in [0, 0.05) is 10.8 Å². The predicted octanol–water partition coefficient (Wildman–Crippen LogP) is 3.69. The molecule has 3 aromatic carbocycles. The summed E-state index contributed by atoms with van der Waals surface area (Å²) < 4.78 is 72.3. The lowest BCUT2D eigenvalue weighted by Crippen LogP contribution is -2.04. The Balaban J connectivity index is 2.40. The molecule has 0 spiro atoms. The number of benzene rings is 3. The second-order valence-electron chi connectivity index (χ2n) is 4.47. The van der Waals surface area contributed by atoms with Gasteiger partial charge in [-0.2, -0.15) is 0 Å². The molecular weight excluding hydrogens is 273 g/mol. The van der Waals surface area contributed by atoms with Crippen LogP contribution in [0.15, 0.2) is 72.6 Å². The highest BCUT2D eigenvalue weighted by Crippen LogP contribution is 2.34. The molecular formula is C18H13BNO2. The Morgan fingerprint density at radius 3 is 2.14 bits per heavy atom. The van der Waals surface area contributed by atoms with Crippen molar-refractivity contribution in [1.82, 2.24) is 4.57 Å². The van der Waals surface area contributed by atoms with Crippen LogP contribution < -0.4 is 4.65 Å². The SMILES string of the molecule is [2H]c1c([2H])c([2H])c2c(c1[2H])c1c([2H])c([2H])c([2H])c([2H])c1n2-c1ccccc1O[B]O. The fourth-order valence-corrected chi connectivity index (χ4v) is 2.46. The van der Waals surface area contributed by atoms with Crippen LogP contribution in [0, 0.1) is 0 Å². The summed E-state index contributed by atoms with van der Waals surface area (Å²) in [4.78, 5) is 0. The average Bonchev–Trinajstić information content (AvgIpc) is 3.10. The topological polar surface area (TPSA) is 34.4 Å². The van der Waals surface area contributed by atoms with Gasteiger partial charge in [-0.15, -0.1) is 0 Å². The number of fused-ring (bicyclic) bond motifs is 3. The molecule has 0 saturated heterocycles. The van der Waals surface area contributed by atoms with E-state index in [0.29, 0.717) is 7.69 Å². The maximum Gasteiger partial charge on any atom is 0.569 e. The van der Waals surface area contributed by atoms with Crippen LogP contribution in [0.2, 0.25) is 0 Å². The maximum absolute atomic E-state index is 9.13. The van der Waals surface area contributed by atoms with E-state index in [-0.39, 0.29) is 33.2 Å². The van der Waals surface area contributed by atoms with Crippen LogP contribution >= 0.6 is 0 Å². The van der Waals surface area contributed by atoms with Crippen molar-refractivity contribution >= 4 is 29.5 Å². The molecule has 0 fully saturated rings. The molecule has 0 aliphatic rings. The summed E-state index contributed by atoms with van der Waals surface area (Å²) in [5, 5.41) is 9.08. The Kier molecular flexibility index (Phi) is 1.67. The van der Waals surface area contributed by atoms with E-state index in [9.17, 15) is 0 Å². The molecule has 0 aliphatic heterocycles. The first-order valence-corrected chi connectivity index (χ1v) is 6.45. The number of para-hydroxylation sites is 4. The molecule has 3 nitrogen and oxygen atoms in total. The zero-order chi connectivity index (χ0) is 21.9. The van der Waals surface area contributed by atoms with Gasteiger partial charge in [-0.05, 0) is 24.2 Å². The molecule has 1 heterocycles. The lowest BCUT2D eigenvalue weighted by molar-refractivity contribution is 0.453. The van der Waals surface area contributed by atoms with Crippen LogP contribution in [0.3, 0.4) is 0 Å². The van der Waals surface area contributed by atoms with Crippen molar-refractivity contribution in [2.24, 2.45) is 0 Å². The van der Waals surface area contributed by atoms with E-state index < -0.39 is 48.3 Å². The van der Waals surface area contributed by atoms with E-state index in [1.807, 2.05) is 0 Å². The number of nitrogens with zero attached hydrogens (tertiary/aromatic N) is 1. The monoisotopic (exact) mass is 294 g/mol. The van der Waals surface area contributed by atoms with E-state index in [0.717, 1.165) is 0 Å². The van der Waals surface area contributed by atoms with Gasteiger partial charge in [-0.25, -0.2) is 0 Å². The summed E-state index contributed by atoms with van der Waals surface area (Å²) in [6.45, 7) is 0. The van der Waals surface area contributed by atoms with Crippen LogP contribution in [0.4, 0.5) is 0 Å². The summed E-state index contributed by atoms with van der Waals surface area (Å²) >= 11 is 0. The van der Waals surface area contributed by atoms with Crippen LogP contribution in [0.5, 0.6) is 5.75 Å². The first-order valence-electron chi connectivity index (χ1n) is 10.4. The predicted molar refractivity (Wildman–Crippen MR) is 89.4 cm³/mol. The molecule has 0 saturated carbocycles. The van der Waals surface area contributed by atoms with Gasteiger partial charge in [0.15, 0.2) is 0 Å². The van der Waals surface area contributed by atoms with E-state index in [4.69, 9.17) is 20.6 Å². The third-order valence-electron chi connectivity index (χ3n) is 3.32. The van der Waals surface area contributed by atoms with Crippen molar-refractivity contribution in [3.63, 3.8) is 0 Å². The van der Waals surface area contributed by atoms with Crippen LogP contribution in [-0.2, 0) is 0 Å². The molecule has 4 rings (SSSR count). The Hall–Kier alpha value is -2.72. The van der Waals surface area contributed by atoms with Gasteiger partial charge in [-0.1, -0.05) is 48.4 Å². The van der Waals surface area contributed by atoms with Crippen molar-refractivity contribution in [1.29, 1.82) is 0 Å². The fourth-order valence-electron chi connectivity index (χ4n) is 2.46. The molecule has 4 aromatic rings. The second-order valence-corrected chi connectivity index (χ2v) is 4.47. The molecule has 0 amide bonds. The number of rotatable bonds is 3. The first kappa shape index (κ1) is 7.03. The molecule has 1 aromatic heterocycles. The molecule has 22 heavy (non-hydrogen) atoms. The number of aromatic nitrogens is 1. The van der Waals surface area contributed by atoms with Crippen molar-refractivity contribution in [2.45, 2.75) is 0 Å².